The first-order valence-electron chi connectivity index (χ1n) is 7.56. The molecule has 0 saturated carbocycles. The van der Waals surface area contributed by atoms with E-state index in [1.54, 1.807) is 0 Å². The molecular formula is C15H33NO6. The third kappa shape index (κ3) is 13.0. The SMILES string of the molecule is CCCOC(C)COC(C)COC(C)COC(C)C(=O)O.N. The van der Waals surface area contributed by atoms with Gasteiger partial charge in [0, 0.05) is 6.61 Å². The summed E-state index contributed by atoms with van der Waals surface area (Å²) >= 11 is 0. The minimum atomic E-state index is -0.972. The van der Waals surface area contributed by atoms with Crippen LogP contribution in [-0.2, 0) is 23.7 Å². The van der Waals surface area contributed by atoms with Gasteiger partial charge in [-0.1, -0.05) is 6.92 Å². The van der Waals surface area contributed by atoms with Crippen LogP contribution in [0, 0.1) is 0 Å². The molecule has 7 heteroatoms. The highest BCUT2D eigenvalue weighted by atomic mass is 16.6. The lowest BCUT2D eigenvalue weighted by molar-refractivity contribution is -0.152. The summed E-state index contributed by atoms with van der Waals surface area (Å²) in [5, 5.41) is 8.70. The lowest BCUT2D eigenvalue weighted by Gasteiger charge is -2.20. The van der Waals surface area contributed by atoms with Gasteiger partial charge in [-0.2, -0.15) is 0 Å². The number of carbonyl (C=O) groups is 1. The Bertz CT molecular complexity index is 277. The van der Waals surface area contributed by atoms with Crippen LogP contribution >= 0.6 is 0 Å². The summed E-state index contributed by atoms with van der Waals surface area (Å²) in [6.45, 7) is 11.3. The van der Waals surface area contributed by atoms with Crippen LogP contribution < -0.4 is 6.15 Å². The summed E-state index contributed by atoms with van der Waals surface area (Å²) in [6, 6.07) is 0. The van der Waals surface area contributed by atoms with Gasteiger partial charge in [0.25, 0.3) is 0 Å². The predicted molar refractivity (Wildman–Crippen MR) is 84.6 cm³/mol. The molecule has 0 amide bonds. The molecule has 0 heterocycles. The van der Waals surface area contributed by atoms with E-state index in [4.69, 9.17) is 24.1 Å². The Morgan fingerprint density at radius 1 is 0.864 bits per heavy atom. The van der Waals surface area contributed by atoms with Gasteiger partial charge in [-0.3, -0.25) is 0 Å². The second kappa shape index (κ2) is 13.9. The molecule has 0 bridgehead atoms. The van der Waals surface area contributed by atoms with Crippen molar-refractivity contribution in [2.45, 2.75) is 65.5 Å². The average Bonchev–Trinajstić information content (AvgIpc) is 2.45. The molecule has 4 unspecified atom stereocenters. The van der Waals surface area contributed by atoms with E-state index in [2.05, 4.69) is 6.92 Å². The zero-order valence-corrected chi connectivity index (χ0v) is 14.5. The van der Waals surface area contributed by atoms with Crippen molar-refractivity contribution in [2.75, 3.05) is 26.4 Å². The van der Waals surface area contributed by atoms with Crippen molar-refractivity contribution < 1.29 is 28.8 Å². The average molecular weight is 323 g/mol. The van der Waals surface area contributed by atoms with Crippen LogP contribution in [0.3, 0.4) is 0 Å². The molecule has 22 heavy (non-hydrogen) atoms. The van der Waals surface area contributed by atoms with Crippen molar-refractivity contribution in [2.24, 2.45) is 0 Å². The van der Waals surface area contributed by atoms with Gasteiger partial charge in [-0.05, 0) is 34.1 Å². The lowest BCUT2D eigenvalue weighted by atomic mass is 10.3. The summed E-state index contributed by atoms with van der Waals surface area (Å²) in [4.78, 5) is 10.6. The van der Waals surface area contributed by atoms with Crippen molar-refractivity contribution in [1.29, 1.82) is 0 Å². The number of carboxylic acid groups (broad SMARTS) is 1. The molecule has 0 aliphatic carbocycles. The Hall–Kier alpha value is -0.730. The van der Waals surface area contributed by atoms with Gasteiger partial charge in [0.05, 0.1) is 38.1 Å². The van der Waals surface area contributed by atoms with Crippen LogP contribution in [0.25, 0.3) is 0 Å². The first-order valence-corrected chi connectivity index (χ1v) is 7.56. The van der Waals surface area contributed by atoms with E-state index >= 15 is 0 Å². The van der Waals surface area contributed by atoms with Gasteiger partial charge in [0.2, 0.25) is 0 Å². The van der Waals surface area contributed by atoms with Gasteiger partial charge in [-0.15, -0.1) is 0 Å². The Morgan fingerprint density at radius 3 is 1.68 bits per heavy atom. The second-order valence-electron chi connectivity index (χ2n) is 5.28. The van der Waals surface area contributed by atoms with Crippen molar-refractivity contribution in [3.8, 4) is 0 Å². The maximum absolute atomic E-state index is 10.6. The topological polar surface area (TPSA) is 109 Å². The highest BCUT2D eigenvalue weighted by molar-refractivity contribution is 5.71. The molecule has 0 aliphatic rings. The van der Waals surface area contributed by atoms with Crippen LogP contribution in [-0.4, -0.2) is 61.9 Å². The number of hydrogen-bond donors (Lipinski definition) is 2. The van der Waals surface area contributed by atoms with Crippen molar-refractivity contribution in [1.82, 2.24) is 6.15 Å². The molecule has 4 atom stereocenters. The third-order valence-electron chi connectivity index (χ3n) is 2.77. The summed E-state index contributed by atoms with van der Waals surface area (Å²) in [5.41, 5.74) is 0. The monoisotopic (exact) mass is 323 g/mol. The van der Waals surface area contributed by atoms with Crippen LogP contribution in [0.15, 0.2) is 0 Å². The Balaban J connectivity index is 0. The zero-order chi connectivity index (χ0) is 16.3. The summed E-state index contributed by atoms with van der Waals surface area (Å²) in [5.74, 6) is -0.972. The number of aliphatic carboxylic acids is 1. The van der Waals surface area contributed by atoms with E-state index in [0.29, 0.717) is 13.2 Å². The first kappa shape index (κ1) is 23.5. The zero-order valence-electron chi connectivity index (χ0n) is 14.5. The largest absolute Gasteiger partial charge is 0.479 e. The predicted octanol–water partition coefficient (Wildman–Crippen LogP) is 2.26. The lowest BCUT2D eigenvalue weighted by Crippen LogP contribution is -2.29. The van der Waals surface area contributed by atoms with Crippen molar-refractivity contribution in [3.63, 3.8) is 0 Å². The molecule has 0 fully saturated rings. The number of carboxylic acids is 1. The minimum Gasteiger partial charge on any atom is -0.479 e. The number of ether oxygens (including phenoxy) is 4. The molecular weight excluding hydrogens is 290 g/mol. The normalized spacial score (nSPS) is 16.4. The van der Waals surface area contributed by atoms with Crippen molar-refractivity contribution in [3.05, 3.63) is 0 Å². The highest BCUT2D eigenvalue weighted by Crippen LogP contribution is 2.02. The van der Waals surface area contributed by atoms with E-state index in [1.807, 2.05) is 20.8 Å². The van der Waals surface area contributed by atoms with E-state index in [0.717, 1.165) is 13.0 Å². The maximum atomic E-state index is 10.6. The number of rotatable bonds is 13. The van der Waals surface area contributed by atoms with E-state index < -0.39 is 12.1 Å². The Labute approximate surface area is 133 Å². The second-order valence-corrected chi connectivity index (χ2v) is 5.28. The fourth-order valence-corrected chi connectivity index (χ4v) is 1.41. The van der Waals surface area contributed by atoms with E-state index in [-0.39, 0.29) is 31.1 Å². The molecule has 0 aromatic carbocycles. The van der Waals surface area contributed by atoms with Crippen LogP contribution in [0.1, 0.15) is 41.0 Å². The molecule has 0 saturated heterocycles. The summed E-state index contributed by atoms with van der Waals surface area (Å²) in [6.07, 6.45) is 0.0319. The molecule has 0 radical (unpaired) electrons. The number of hydrogen-bond acceptors (Lipinski definition) is 6. The van der Waals surface area contributed by atoms with Crippen LogP contribution in [0.5, 0.6) is 0 Å². The van der Waals surface area contributed by atoms with Gasteiger partial charge in [0.1, 0.15) is 0 Å². The molecule has 0 spiro atoms. The first-order chi connectivity index (χ1) is 9.86. The van der Waals surface area contributed by atoms with Crippen LogP contribution in [0.2, 0.25) is 0 Å². The smallest absolute Gasteiger partial charge is 0.332 e. The molecule has 0 aromatic rings. The molecule has 0 aromatic heterocycles. The fourth-order valence-electron chi connectivity index (χ4n) is 1.41. The molecule has 0 rings (SSSR count). The van der Waals surface area contributed by atoms with E-state index in [9.17, 15) is 4.79 Å². The molecule has 0 aliphatic heterocycles. The van der Waals surface area contributed by atoms with Crippen molar-refractivity contribution >= 4 is 5.97 Å². The molecule has 7 nitrogen and oxygen atoms in total. The Morgan fingerprint density at radius 2 is 1.27 bits per heavy atom. The fraction of sp³-hybridized carbons (Fsp3) is 0.933. The standard InChI is InChI=1S/C15H30O6.H3N/c1-6-7-18-11(2)8-19-12(3)9-20-13(4)10-21-14(5)15(16)17;/h11-14H,6-10H2,1-5H3,(H,16,17);1H3. The maximum Gasteiger partial charge on any atom is 0.332 e. The minimum absolute atomic E-state index is 0. The summed E-state index contributed by atoms with van der Waals surface area (Å²) < 4.78 is 21.9. The summed E-state index contributed by atoms with van der Waals surface area (Å²) in [7, 11) is 0. The van der Waals surface area contributed by atoms with Gasteiger partial charge < -0.3 is 30.2 Å². The highest BCUT2D eigenvalue weighted by Gasteiger charge is 2.14. The van der Waals surface area contributed by atoms with Gasteiger partial charge >= 0.3 is 5.97 Å². The van der Waals surface area contributed by atoms with Gasteiger partial charge in [-0.25, -0.2) is 4.79 Å². The van der Waals surface area contributed by atoms with E-state index in [1.165, 1.54) is 6.92 Å². The molecule has 134 valence electrons. The van der Waals surface area contributed by atoms with Gasteiger partial charge in [0.15, 0.2) is 6.10 Å². The third-order valence-corrected chi connectivity index (χ3v) is 2.77. The van der Waals surface area contributed by atoms with Crippen LogP contribution in [0.4, 0.5) is 0 Å². The quantitative estimate of drug-likeness (QED) is 0.535. The Kier molecular flexibility index (Phi) is 14.9. The molecule has 4 N–H and O–H groups in total.